The predicted molar refractivity (Wildman–Crippen MR) is 122 cm³/mol. The highest BCUT2D eigenvalue weighted by Gasteiger charge is 2.36. The number of ether oxygens (including phenoxy) is 1. The first kappa shape index (κ1) is 21.6. The minimum Gasteiger partial charge on any atom is -0.495 e. The number of hydrogen-bond donors (Lipinski definition) is 1. The number of anilines is 2. The van der Waals surface area contributed by atoms with Crippen LogP contribution in [-0.4, -0.2) is 74.9 Å². The van der Waals surface area contributed by atoms with Crippen molar-refractivity contribution in [2.45, 2.75) is 45.1 Å². The molecule has 0 bridgehead atoms. The quantitative estimate of drug-likeness (QED) is 0.635. The van der Waals surface area contributed by atoms with Crippen molar-refractivity contribution < 1.29 is 13.9 Å². The van der Waals surface area contributed by atoms with Crippen molar-refractivity contribution in [3.63, 3.8) is 0 Å². The van der Waals surface area contributed by atoms with Crippen LogP contribution in [0.1, 0.15) is 24.5 Å². The molecule has 5 rings (SSSR count). The van der Waals surface area contributed by atoms with Gasteiger partial charge in [-0.15, -0.1) is 0 Å². The number of amides is 1. The highest BCUT2D eigenvalue weighted by atomic mass is 19.1. The number of likely N-dealkylation sites (tertiary alicyclic amines) is 1. The number of nitrogens with one attached hydrogen (secondary N) is 1. The van der Waals surface area contributed by atoms with E-state index >= 15 is 0 Å². The van der Waals surface area contributed by atoms with Gasteiger partial charge >= 0.3 is 0 Å². The third kappa shape index (κ3) is 4.10. The van der Waals surface area contributed by atoms with Crippen LogP contribution in [0, 0.1) is 0 Å². The number of carbonyl (C=O) groups excluding carboxylic acids is 1. The summed E-state index contributed by atoms with van der Waals surface area (Å²) in [5.41, 5.74) is 3.92. The van der Waals surface area contributed by atoms with Gasteiger partial charge in [0.1, 0.15) is 11.9 Å². The summed E-state index contributed by atoms with van der Waals surface area (Å²) in [6, 6.07) is 3.62. The summed E-state index contributed by atoms with van der Waals surface area (Å²) in [5, 5.41) is 8.42. The summed E-state index contributed by atoms with van der Waals surface area (Å²) in [5.74, 6) is 1.01. The fourth-order valence-corrected chi connectivity index (χ4v) is 4.77. The number of methoxy groups -OCH3 is 1. The molecule has 0 aliphatic carbocycles. The largest absolute Gasteiger partial charge is 0.495 e. The number of aromatic nitrogens is 4. The van der Waals surface area contributed by atoms with E-state index < -0.39 is 12.2 Å². The minimum absolute atomic E-state index is 0.126. The molecule has 1 N–H and O–H groups in total. The molecule has 9 nitrogen and oxygen atoms in total. The normalized spacial score (nSPS) is 20.8. The number of nitrogens with zero attached hydrogens (tertiary/aromatic N) is 6. The van der Waals surface area contributed by atoms with Crippen molar-refractivity contribution in [3.05, 3.63) is 35.7 Å². The number of carbonyl (C=O) groups is 1. The Bertz CT molecular complexity index is 1200. The molecule has 1 saturated heterocycles. The Morgan fingerprint density at radius 1 is 1.27 bits per heavy atom. The van der Waals surface area contributed by atoms with Gasteiger partial charge in [-0.1, -0.05) is 0 Å². The monoisotopic (exact) mass is 453 g/mol. The lowest BCUT2D eigenvalue weighted by atomic mass is 9.99. The van der Waals surface area contributed by atoms with E-state index in [4.69, 9.17) is 4.74 Å². The second-order valence-corrected chi connectivity index (χ2v) is 8.82. The van der Waals surface area contributed by atoms with E-state index in [1.165, 1.54) is 18.1 Å². The van der Waals surface area contributed by atoms with Gasteiger partial charge < -0.3 is 19.9 Å². The van der Waals surface area contributed by atoms with Crippen molar-refractivity contribution in [2.75, 3.05) is 32.6 Å². The molecule has 4 heterocycles. The maximum atomic E-state index is 14.5. The summed E-state index contributed by atoms with van der Waals surface area (Å²) in [6.45, 7) is 4.04. The third-order valence-electron chi connectivity index (χ3n) is 6.58. The van der Waals surface area contributed by atoms with Crippen LogP contribution >= 0.6 is 0 Å². The van der Waals surface area contributed by atoms with Gasteiger partial charge in [0.25, 0.3) is 0 Å². The third-order valence-corrected chi connectivity index (χ3v) is 6.58. The second kappa shape index (κ2) is 8.58. The first-order valence-electron chi connectivity index (χ1n) is 11.2. The van der Waals surface area contributed by atoms with E-state index in [1.807, 2.05) is 0 Å². The smallest absolute Gasteiger partial charge is 0.229 e. The molecule has 174 valence electrons. The van der Waals surface area contributed by atoms with E-state index in [0.717, 1.165) is 36.3 Å². The number of hydrogen-bond acceptors (Lipinski definition) is 7. The molecule has 0 unspecified atom stereocenters. The predicted octanol–water partition coefficient (Wildman–Crippen LogP) is 2.53. The van der Waals surface area contributed by atoms with Crippen LogP contribution in [0.2, 0.25) is 0 Å². The first-order valence-corrected chi connectivity index (χ1v) is 11.2. The molecule has 0 radical (unpaired) electrons. The van der Waals surface area contributed by atoms with Crippen molar-refractivity contribution >= 4 is 28.6 Å². The van der Waals surface area contributed by atoms with Crippen LogP contribution in [0.4, 0.5) is 16.0 Å². The lowest BCUT2D eigenvalue weighted by molar-refractivity contribution is -0.130. The lowest BCUT2D eigenvalue weighted by Crippen LogP contribution is -2.40. The zero-order valence-corrected chi connectivity index (χ0v) is 19.1. The van der Waals surface area contributed by atoms with E-state index in [1.54, 1.807) is 29.1 Å². The van der Waals surface area contributed by atoms with Crippen molar-refractivity contribution in [2.24, 2.45) is 0 Å². The summed E-state index contributed by atoms with van der Waals surface area (Å²) in [4.78, 5) is 24.9. The SMILES string of the molecule is COc1cc2c(cc1Nc1ncc3cnn(C[C@@H]4[C@@H](F)CCN4C(C)=O)c3n1)CN(C)CC2. The Morgan fingerprint density at radius 2 is 2.12 bits per heavy atom. The summed E-state index contributed by atoms with van der Waals surface area (Å²) < 4.78 is 21.8. The Hall–Kier alpha value is -3.27. The van der Waals surface area contributed by atoms with Gasteiger partial charge in [-0.05, 0) is 43.1 Å². The van der Waals surface area contributed by atoms with Crippen molar-refractivity contribution in [1.82, 2.24) is 29.5 Å². The molecular weight excluding hydrogens is 425 g/mol. The molecule has 0 spiro atoms. The number of likely N-dealkylation sites (N-methyl/N-ethyl adjacent to an activating group) is 1. The fraction of sp³-hybridized carbons (Fsp3) is 0.478. The van der Waals surface area contributed by atoms with Crippen LogP contribution in [0.3, 0.4) is 0 Å². The average Bonchev–Trinajstić information content (AvgIpc) is 3.37. The summed E-state index contributed by atoms with van der Waals surface area (Å²) in [7, 11) is 3.76. The zero-order valence-electron chi connectivity index (χ0n) is 19.1. The van der Waals surface area contributed by atoms with E-state index in [0.29, 0.717) is 24.6 Å². The molecule has 2 atom stereocenters. The van der Waals surface area contributed by atoms with Crippen molar-refractivity contribution in [1.29, 1.82) is 0 Å². The standard InChI is InChI=1S/C23H28FN7O2/c1-14(32)30-7-5-18(24)20(30)13-31-22-17(11-26-31)10-25-23(28-22)27-19-8-16-12-29(2)6-4-15(16)9-21(19)33-3/h8-11,18,20H,4-7,12-13H2,1-3H3,(H,25,27,28)/t18-,20+/m0/s1. The molecule has 2 aromatic heterocycles. The lowest BCUT2D eigenvalue weighted by Gasteiger charge is -2.26. The maximum Gasteiger partial charge on any atom is 0.229 e. The van der Waals surface area contributed by atoms with Crippen molar-refractivity contribution in [3.8, 4) is 5.75 Å². The average molecular weight is 454 g/mol. The Kier molecular flexibility index (Phi) is 5.61. The summed E-state index contributed by atoms with van der Waals surface area (Å²) >= 11 is 0. The van der Waals surface area contributed by atoms with Crippen LogP contribution in [0.15, 0.2) is 24.5 Å². The topological polar surface area (TPSA) is 88.4 Å². The minimum atomic E-state index is -1.08. The number of halogens is 1. The van der Waals surface area contributed by atoms with Gasteiger partial charge in [0, 0.05) is 32.8 Å². The van der Waals surface area contributed by atoms with Gasteiger partial charge in [0.15, 0.2) is 5.65 Å². The van der Waals surface area contributed by atoms with E-state index in [2.05, 4.69) is 44.5 Å². The molecule has 1 aromatic carbocycles. The highest BCUT2D eigenvalue weighted by Crippen LogP contribution is 2.33. The Morgan fingerprint density at radius 3 is 2.91 bits per heavy atom. The number of rotatable bonds is 5. The number of benzene rings is 1. The van der Waals surface area contributed by atoms with Crippen LogP contribution in [-0.2, 0) is 24.3 Å². The molecule has 1 amide bonds. The van der Waals surface area contributed by atoms with Crippen LogP contribution in [0.5, 0.6) is 5.75 Å². The Balaban J connectivity index is 1.44. The molecule has 2 aliphatic heterocycles. The number of alkyl halides is 1. The molecule has 10 heteroatoms. The fourth-order valence-electron chi connectivity index (χ4n) is 4.77. The maximum absolute atomic E-state index is 14.5. The second-order valence-electron chi connectivity index (χ2n) is 8.82. The molecule has 0 saturated carbocycles. The Labute approximate surface area is 191 Å². The van der Waals surface area contributed by atoms with E-state index in [9.17, 15) is 9.18 Å². The molecule has 2 aliphatic rings. The van der Waals surface area contributed by atoms with Gasteiger partial charge in [0.2, 0.25) is 11.9 Å². The molecule has 33 heavy (non-hydrogen) atoms. The summed E-state index contributed by atoms with van der Waals surface area (Å²) in [6.07, 6.45) is 3.60. The van der Waals surface area contributed by atoms with Gasteiger partial charge in [0.05, 0.1) is 37.0 Å². The zero-order chi connectivity index (χ0) is 23.1. The highest BCUT2D eigenvalue weighted by molar-refractivity contribution is 5.76. The van der Waals surface area contributed by atoms with E-state index in [-0.39, 0.29) is 12.5 Å². The van der Waals surface area contributed by atoms with Gasteiger partial charge in [-0.2, -0.15) is 10.1 Å². The molecule has 1 fully saturated rings. The van der Waals surface area contributed by atoms with Gasteiger partial charge in [-0.3, -0.25) is 4.79 Å². The number of fused-ring (bicyclic) bond motifs is 2. The van der Waals surface area contributed by atoms with Crippen LogP contribution < -0.4 is 10.1 Å². The van der Waals surface area contributed by atoms with Gasteiger partial charge in [-0.25, -0.2) is 14.1 Å². The first-order chi connectivity index (χ1) is 15.9. The molecule has 3 aromatic rings. The van der Waals surface area contributed by atoms with Crippen LogP contribution in [0.25, 0.3) is 11.0 Å². The molecular formula is C23H28FN7O2.